The zero-order chi connectivity index (χ0) is 11.5. The van der Waals surface area contributed by atoms with E-state index < -0.39 is 0 Å². The van der Waals surface area contributed by atoms with Gasteiger partial charge < -0.3 is 8.83 Å². The second-order valence-corrected chi connectivity index (χ2v) is 3.92. The Morgan fingerprint density at radius 2 is 1.82 bits per heavy atom. The summed E-state index contributed by atoms with van der Waals surface area (Å²) < 4.78 is 14.8. The number of imidazole rings is 1. The van der Waals surface area contributed by atoms with Crippen LogP contribution >= 0.6 is 0 Å². The number of hydrogen-bond donors (Lipinski definition) is 0. The van der Waals surface area contributed by atoms with Crippen molar-refractivity contribution in [2.75, 3.05) is 0 Å². The Kier molecular flexibility index (Phi) is 2.54. The number of nitrogens with zero attached hydrogens (tertiary/aromatic N) is 2. The molecule has 0 atom stereocenters. The first kappa shape index (κ1) is 9.96. The van der Waals surface area contributed by atoms with E-state index in [1.807, 2.05) is 43.0 Å². The molecule has 0 amide bonds. The topological polar surface area (TPSA) is 35.1 Å². The predicted octanol–water partition coefficient (Wildman–Crippen LogP) is 2.06. The summed E-state index contributed by atoms with van der Waals surface area (Å²) in [5.41, 5.74) is 0. The van der Waals surface area contributed by atoms with Crippen molar-refractivity contribution in [1.82, 2.24) is 4.57 Å². The lowest BCUT2D eigenvalue weighted by Crippen LogP contribution is -2.31. The second-order valence-electron chi connectivity index (χ2n) is 3.92. The van der Waals surface area contributed by atoms with Crippen LogP contribution in [0.15, 0.2) is 64.3 Å². The van der Waals surface area contributed by atoms with Crippen molar-refractivity contribution in [2.45, 2.75) is 13.1 Å². The third-order valence-electron chi connectivity index (χ3n) is 2.58. The van der Waals surface area contributed by atoms with Crippen molar-refractivity contribution in [3.8, 4) is 0 Å². The van der Waals surface area contributed by atoms with Crippen LogP contribution in [-0.4, -0.2) is 4.57 Å². The van der Waals surface area contributed by atoms with Gasteiger partial charge >= 0.3 is 0 Å². The molecule has 0 aliphatic rings. The number of hydrogen-bond acceptors (Lipinski definition) is 2. The number of aromatic nitrogens is 2. The Hall–Kier alpha value is -2.23. The first-order valence-electron chi connectivity index (χ1n) is 5.50. The SMILES string of the molecule is c1coc(Cn2cc[n+](Cc3ccco3)c2)c1. The zero-order valence-electron chi connectivity index (χ0n) is 9.32. The van der Waals surface area contributed by atoms with E-state index in [2.05, 4.69) is 9.13 Å². The fourth-order valence-electron chi connectivity index (χ4n) is 1.79. The van der Waals surface area contributed by atoms with Crippen LogP contribution in [0.1, 0.15) is 11.5 Å². The van der Waals surface area contributed by atoms with E-state index in [0.29, 0.717) is 0 Å². The van der Waals surface area contributed by atoms with Gasteiger partial charge in [0.25, 0.3) is 0 Å². The Balaban J connectivity index is 1.70. The van der Waals surface area contributed by atoms with E-state index in [1.165, 1.54) is 0 Å². The molecule has 0 saturated carbocycles. The van der Waals surface area contributed by atoms with Crippen LogP contribution in [0.5, 0.6) is 0 Å². The molecule has 0 N–H and O–H groups in total. The first-order valence-corrected chi connectivity index (χ1v) is 5.50. The van der Waals surface area contributed by atoms with Gasteiger partial charge in [-0.05, 0) is 24.3 Å². The van der Waals surface area contributed by atoms with Crippen molar-refractivity contribution < 1.29 is 13.4 Å². The third-order valence-corrected chi connectivity index (χ3v) is 2.58. The molecule has 4 heteroatoms. The van der Waals surface area contributed by atoms with Gasteiger partial charge in [-0.2, -0.15) is 0 Å². The van der Waals surface area contributed by atoms with Crippen LogP contribution < -0.4 is 4.57 Å². The molecule has 0 unspecified atom stereocenters. The van der Waals surface area contributed by atoms with Crippen LogP contribution in [-0.2, 0) is 13.1 Å². The Morgan fingerprint density at radius 3 is 2.53 bits per heavy atom. The van der Waals surface area contributed by atoms with Gasteiger partial charge in [0.2, 0.25) is 6.33 Å². The van der Waals surface area contributed by atoms with E-state index >= 15 is 0 Å². The van der Waals surface area contributed by atoms with Crippen LogP contribution in [0, 0.1) is 0 Å². The molecule has 3 rings (SSSR count). The molecular weight excluding hydrogens is 216 g/mol. The molecule has 3 aromatic rings. The second kappa shape index (κ2) is 4.33. The molecule has 0 aliphatic carbocycles. The van der Waals surface area contributed by atoms with Gasteiger partial charge in [0.1, 0.15) is 37.0 Å². The van der Waals surface area contributed by atoms with E-state index in [1.54, 1.807) is 12.5 Å². The van der Waals surface area contributed by atoms with E-state index in [9.17, 15) is 0 Å². The minimum atomic E-state index is 0.748. The fraction of sp³-hybridized carbons (Fsp3) is 0.154. The molecule has 3 heterocycles. The summed E-state index contributed by atoms with van der Waals surface area (Å²) in [4.78, 5) is 0. The lowest BCUT2D eigenvalue weighted by atomic mass is 10.4. The van der Waals surface area contributed by atoms with Gasteiger partial charge in [0, 0.05) is 0 Å². The van der Waals surface area contributed by atoms with Gasteiger partial charge in [-0.15, -0.1) is 0 Å². The average Bonchev–Trinajstić information content (AvgIpc) is 3.02. The van der Waals surface area contributed by atoms with E-state index in [0.717, 1.165) is 24.6 Å². The fourth-order valence-corrected chi connectivity index (χ4v) is 1.79. The molecule has 0 spiro atoms. The molecule has 0 fully saturated rings. The standard InChI is InChI=1S/C13H13N2O2/c1-3-12(16-7-1)9-14-5-6-15(11-14)10-13-4-2-8-17-13/h1-8,11H,9-10H2/q+1. The average molecular weight is 229 g/mol. The molecular formula is C13H13N2O2+. The highest BCUT2D eigenvalue weighted by molar-refractivity contribution is 4.99. The maximum atomic E-state index is 5.30. The summed E-state index contributed by atoms with van der Waals surface area (Å²) in [6.45, 7) is 1.50. The summed E-state index contributed by atoms with van der Waals surface area (Å²) in [5.74, 6) is 1.90. The molecule has 17 heavy (non-hydrogen) atoms. The third kappa shape index (κ3) is 2.30. The summed E-state index contributed by atoms with van der Waals surface area (Å²) in [6, 6.07) is 7.74. The minimum absolute atomic E-state index is 0.748. The highest BCUT2D eigenvalue weighted by atomic mass is 16.3. The summed E-state index contributed by atoms with van der Waals surface area (Å²) in [5, 5.41) is 0. The number of rotatable bonds is 4. The summed E-state index contributed by atoms with van der Waals surface area (Å²) in [7, 11) is 0. The van der Waals surface area contributed by atoms with Gasteiger partial charge in [-0.1, -0.05) is 0 Å². The predicted molar refractivity (Wildman–Crippen MR) is 60.2 cm³/mol. The quantitative estimate of drug-likeness (QED) is 0.642. The molecule has 0 aromatic carbocycles. The normalized spacial score (nSPS) is 10.8. The Bertz CT molecular complexity index is 514. The van der Waals surface area contributed by atoms with Crippen LogP contribution in [0.4, 0.5) is 0 Å². The lowest BCUT2D eigenvalue weighted by molar-refractivity contribution is -0.689. The Labute approximate surface area is 98.7 Å². The molecule has 3 aromatic heterocycles. The maximum absolute atomic E-state index is 5.30. The summed E-state index contributed by atoms with van der Waals surface area (Å²) in [6.07, 6.45) is 9.45. The van der Waals surface area contributed by atoms with Crippen molar-refractivity contribution >= 4 is 0 Å². The molecule has 0 saturated heterocycles. The zero-order valence-corrected chi connectivity index (χ0v) is 9.32. The number of furan rings is 2. The largest absolute Gasteiger partial charge is 0.465 e. The van der Waals surface area contributed by atoms with Crippen molar-refractivity contribution in [1.29, 1.82) is 0 Å². The van der Waals surface area contributed by atoms with Crippen molar-refractivity contribution in [3.05, 3.63) is 67.0 Å². The van der Waals surface area contributed by atoms with Crippen LogP contribution in [0.2, 0.25) is 0 Å². The van der Waals surface area contributed by atoms with E-state index in [-0.39, 0.29) is 0 Å². The minimum Gasteiger partial charge on any atom is -0.465 e. The molecule has 4 nitrogen and oxygen atoms in total. The van der Waals surface area contributed by atoms with Gasteiger partial charge in [-0.3, -0.25) is 0 Å². The molecule has 0 aliphatic heterocycles. The monoisotopic (exact) mass is 229 g/mol. The van der Waals surface area contributed by atoms with Crippen molar-refractivity contribution in [2.24, 2.45) is 0 Å². The van der Waals surface area contributed by atoms with Crippen molar-refractivity contribution in [3.63, 3.8) is 0 Å². The van der Waals surface area contributed by atoms with Crippen LogP contribution in [0.3, 0.4) is 0 Å². The van der Waals surface area contributed by atoms with Gasteiger partial charge in [0.05, 0.1) is 12.5 Å². The summed E-state index contributed by atoms with van der Waals surface area (Å²) >= 11 is 0. The lowest BCUT2D eigenvalue weighted by Gasteiger charge is -1.92. The smallest absolute Gasteiger partial charge is 0.244 e. The molecule has 0 radical (unpaired) electrons. The van der Waals surface area contributed by atoms with Crippen LogP contribution in [0.25, 0.3) is 0 Å². The first-order chi connectivity index (χ1) is 8.40. The highest BCUT2D eigenvalue weighted by Gasteiger charge is 2.07. The van der Waals surface area contributed by atoms with Gasteiger partial charge in [0.15, 0.2) is 0 Å². The molecule has 86 valence electrons. The Morgan fingerprint density at radius 1 is 1.06 bits per heavy atom. The van der Waals surface area contributed by atoms with E-state index in [4.69, 9.17) is 8.83 Å². The maximum Gasteiger partial charge on any atom is 0.244 e. The highest BCUT2D eigenvalue weighted by Crippen LogP contribution is 2.03. The molecule has 0 bridgehead atoms. The van der Waals surface area contributed by atoms with Gasteiger partial charge in [-0.25, -0.2) is 9.13 Å².